The maximum Gasteiger partial charge on any atom is 0.244 e. The maximum atomic E-state index is 12.5. The van der Waals surface area contributed by atoms with Crippen molar-refractivity contribution in [3.05, 3.63) is 54.4 Å². The highest BCUT2D eigenvalue weighted by atomic mass is 16.3. The number of nitrogens with zero attached hydrogens (tertiary/aromatic N) is 2. The average molecular weight is 285 g/mol. The lowest BCUT2D eigenvalue weighted by molar-refractivity contribution is -0.119. The summed E-state index contributed by atoms with van der Waals surface area (Å²) in [6, 6.07) is 9.67. The minimum Gasteiger partial charge on any atom is -0.508 e. The summed E-state index contributed by atoms with van der Waals surface area (Å²) >= 11 is 0. The van der Waals surface area contributed by atoms with Gasteiger partial charge >= 0.3 is 0 Å². The van der Waals surface area contributed by atoms with Gasteiger partial charge in [0.25, 0.3) is 0 Å². The van der Waals surface area contributed by atoms with Gasteiger partial charge in [0.15, 0.2) is 0 Å². The Morgan fingerprint density at radius 1 is 1.24 bits per heavy atom. The molecule has 0 spiro atoms. The smallest absolute Gasteiger partial charge is 0.244 e. The number of aromatic hydroxyl groups is 1. The first kappa shape index (κ1) is 15.0. The van der Waals surface area contributed by atoms with Gasteiger partial charge in [-0.05, 0) is 43.2 Å². The molecule has 1 amide bonds. The zero-order chi connectivity index (χ0) is 15.2. The minimum absolute atomic E-state index is 0.128. The van der Waals surface area contributed by atoms with E-state index in [1.54, 1.807) is 53.7 Å². The number of aromatic nitrogens is 1. The van der Waals surface area contributed by atoms with Gasteiger partial charge in [-0.25, -0.2) is 0 Å². The molecule has 0 aliphatic heterocycles. The van der Waals surface area contributed by atoms with E-state index in [2.05, 4.69) is 4.98 Å². The molecule has 1 heterocycles. The van der Waals surface area contributed by atoms with E-state index in [0.717, 1.165) is 11.3 Å². The Balaban J connectivity index is 2.08. The third-order valence-corrected chi connectivity index (χ3v) is 3.27. The molecule has 0 radical (unpaired) electrons. The van der Waals surface area contributed by atoms with Crippen molar-refractivity contribution in [1.29, 1.82) is 0 Å². The molecular formula is C16H19N3O2. The highest BCUT2D eigenvalue weighted by Gasteiger charge is 2.21. The van der Waals surface area contributed by atoms with Crippen molar-refractivity contribution >= 4 is 11.6 Å². The molecule has 0 unspecified atom stereocenters. The molecule has 3 N–H and O–H groups in total. The number of pyridine rings is 1. The van der Waals surface area contributed by atoms with E-state index >= 15 is 0 Å². The fourth-order valence-corrected chi connectivity index (χ4v) is 2.16. The Hall–Kier alpha value is -2.40. The van der Waals surface area contributed by atoms with Gasteiger partial charge in [-0.2, -0.15) is 0 Å². The molecule has 0 saturated carbocycles. The van der Waals surface area contributed by atoms with Crippen LogP contribution in [-0.4, -0.2) is 28.6 Å². The van der Waals surface area contributed by atoms with Crippen LogP contribution in [0.15, 0.2) is 48.8 Å². The lowest BCUT2D eigenvalue weighted by Crippen LogP contribution is -2.45. The van der Waals surface area contributed by atoms with Crippen LogP contribution < -0.4 is 10.6 Å². The summed E-state index contributed by atoms with van der Waals surface area (Å²) in [5.74, 6) is 0.0717. The predicted octanol–water partition coefficient (Wildman–Crippen LogP) is 1.71. The van der Waals surface area contributed by atoms with Gasteiger partial charge in [0.1, 0.15) is 5.75 Å². The van der Waals surface area contributed by atoms with Crippen molar-refractivity contribution in [3.8, 4) is 5.75 Å². The number of carbonyl (C=O) groups is 1. The number of hydrogen-bond donors (Lipinski definition) is 2. The van der Waals surface area contributed by atoms with E-state index in [-0.39, 0.29) is 11.7 Å². The van der Waals surface area contributed by atoms with Gasteiger partial charge in [-0.3, -0.25) is 9.78 Å². The van der Waals surface area contributed by atoms with E-state index < -0.39 is 6.04 Å². The molecule has 0 saturated heterocycles. The van der Waals surface area contributed by atoms with Gasteiger partial charge in [-0.1, -0.05) is 12.1 Å². The van der Waals surface area contributed by atoms with Crippen LogP contribution in [0, 0.1) is 0 Å². The van der Waals surface area contributed by atoms with Gasteiger partial charge in [0.05, 0.1) is 6.04 Å². The third-order valence-electron chi connectivity index (χ3n) is 3.27. The zero-order valence-corrected chi connectivity index (χ0v) is 11.9. The summed E-state index contributed by atoms with van der Waals surface area (Å²) in [6.45, 7) is 2.46. The number of phenols is 1. The molecule has 21 heavy (non-hydrogen) atoms. The molecule has 2 rings (SSSR count). The normalized spacial score (nSPS) is 11.9. The number of likely N-dealkylation sites (N-methyl/N-ethyl adjacent to an activating group) is 1. The number of anilines is 1. The average Bonchev–Trinajstić information content (AvgIpc) is 2.51. The first-order valence-corrected chi connectivity index (χ1v) is 6.86. The largest absolute Gasteiger partial charge is 0.508 e. The Morgan fingerprint density at radius 3 is 2.43 bits per heavy atom. The van der Waals surface area contributed by atoms with Gasteiger partial charge in [-0.15, -0.1) is 0 Å². The van der Waals surface area contributed by atoms with Crippen molar-refractivity contribution < 1.29 is 9.90 Å². The topological polar surface area (TPSA) is 79.5 Å². The second-order valence-electron chi connectivity index (χ2n) is 4.76. The molecule has 0 aliphatic carbocycles. The molecule has 5 nitrogen and oxygen atoms in total. The number of carbonyl (C=O) groups excluding carboxylic acids is 1. The van der Waals surface area contributed by atoms with Crippen molar-refractivity contribution in [2.45, 2.75) is 19.4 Å². The molecule has 110 valence electrons. The number of benzene rings is 1. The van der Waals surface area contributed by atoms with Gasteiger partial charge in [0.2, 0.25) is 5.91 Å². The van der Waals surface area contributed by atoms with E-state index in [1.807, 2.05) is 6.92 Å². The van der Waals surface area contributed by atoms with Crippen LogP contribution in [0.3, 0.4) is 0 Å². The standard InChI is InChI=1S/C16H19N3O2/c1-2-19(13-7-9-18-10-8-13)16(21)15(17)11-12-3-5-14(20)6-4-12/h3-10,15,20H,2,11,17H2,1H3/t15-/m1/s1. The highest BCUT2D eigenvalue weighted by Crippen LogP contribution is 2.15. The fourth-order valence-electron chi connectivity index (χ4n) is 2.16. The van der Waals surface area contributed by atoms with Crippen molar-refractivity contribution in [2.75, 3.05) is 11.4 Å². The second kappa shape index (κ2) is 6.85. The molecular weight excluding hydrogens is 266 g/mol. The van der Waals surface area contributed by atoms with Crippen LogP contribution in [0.2, 0.25) is 0 Å². The number of phenolic OH excluding ortho intramolecular Hbond substituents is 1. The van der Waals surface area contributed by atoms with Crippen LogP contribution in [0.1, 0.15) is 12.5 Å². The van der Waals surface area contributed by atoms with E-state index in [0.29, 0.717) is 13.0 Å². The van der Waals surface area contributed by atoms with Gasteiger partial charge in [0, 0.05) is 24.6 Å². The van der Waals surface area contributed by atoms with Crippen LogP contribution in [0.5, 0.6) is 5.75 Å². The molecule has 1 atom stereocenters. The monoisotopic (exact) mass is 285 g/mol. The predicted molar refractivity (Wildman–Crippen MR) is 82.1 cm³/mol. The summed E-state index contributed by atoms with van der Waals surface area (Å²) in [5, 5.41) is 9.26. The molecule has 0 fully saturated rings. The minimum atomic E-state index is -0.623. The molecule has 0 aliphatic rings. The zero-order valence-electron chi connectivity index (χ0n) is 11.9. The number of nitrogens with two attached hydrogens (primary N) is 1. The Bertz CT molecular complexity index is 584. The molecule has 0 bridgehead atoms. The number of rotatable bonds is 5. The van der Waals surface area contributed by atoms with Crippen molar-refractivity contribution in [2.24, 2.45) is 5.73 Å². The summed E-state index contributed by atoms with van der Waals surface area (Å²) in [4.78, 5) is 18.1. The highest BCUT2D eigenvalue weighted by molar-refractivity contribution is 5.97. The maximum absolute atomic E-state index is 12.5. The fraction of sp³-hybridized carbons (Fsp3) is 0.250. The summed E-state index contributed by atoms with van der Waals surface area (Å²) in [7, 11) is 0. The number of amides is 1. The van der Waals surface area contributed by atoms with Crippen molar-refractivity contribution in [3.63, 3.8) is 0 Å². The van der Waals surface area contributed by atoms with Crippen LogP contribution in [0.4, 0.5) is 5.69 Å². The molecule has 1 aromatic heterocycles. The molecule has 2 aromatic rings. The summed E-state index contributed by atoms with van der Waals surface area (Å²) < 4.78 is 0. The molecule has 1 aromatic carbocycles. The SMILES string of the molecule is CCN(C(=O)[C@H](N)Cc1ccc(O)cc1)c1ccncc1. The lowest BCUT2D eigenvalue weighted by atomic mass is 10.1. The molecule has 5 heteroatoms. The summed E-state index contributed by atoms with van der Waals surface area (Å²) in [6.07, 6.45) is 3.73. The van der Waals surface area contributed by atoms with Crippen LogP contribution >= 0.6 is 0 Å². The van der Waals surface area contributed by atoms with E-state index in [4.69, 9.17) is 5.73 Å². The third kappa shape index (κ3) is 3.79. The Morgan fingerprint density at radius 2 is 1.86 bits per heavy atom. The first-order chi connectivity index (χ1) is 10.1. The van der Waals surface area contributed by atoms with Crippen molar-refractivity contribution in [1.82, 2.24) is 4.98 Å². The lowest BCUT2D eigenvalue weighted by Gasteiger charge is -2.24. The Kier molecular flexibility index (Phi) is 4.90. The Labute approximate surface area is 124 Å². The second-order valence-corrected chi connectivity index (χ2v) is 4.76. The number of hydrogen-bond acceptors (Lipinski definition) is 4. The van der Waals surface area contributed by atoms with Gasteiger partial charge < -0.3 is 15.7 Å². The van der Waals surface area contributed by atoms with E-state index in [1.165, 1.54) is 0 Å². The quantitative estimate of drug-likeness (QED) is 0.876. The van der Waals surface area contributed by atoms with Crippen LogP contribution in [0.25, 0.3) is 0 Å². The van der Waals surface area contributed by atoms with Crippen LogP contribution in [-0.2, 0) is 11.2 Å². The van der Waals surface area contributed by atoms with E-state index in [9.17, 15) is 9.90 Å². The summed E-state index contributed by atoms with van der Waals surface area (Å²) in [5.41, 5.74) is 7.74. The first-order valence-electron chi connectivity index (χ1n) is 6.86.